The molecule has 1 aliphatic rings. The van der Waals surface area contributed by atoms with Crippen molar-refractivity contribution >= 4 is 40.7 Å². The van der Waals surface area contributed by atoms with Crippen LogP contribution in [-0.4, -0.2) is 34.8 Å². The highest BCUT2D eigenvalue weighted by Gasteiger charge is 2.21. The van der Waals surface area contributed by atoms with E-state index < -0.39 is 0 Å². The smallest absolute Gasteiger partial charge is 0.257 e. The van der Waals surface area contributed by atoms with E-state index in [0.717, 1.165) is 25.9 Å². The largest absolute Gasteiger partial charge is 0.339 e. The number of halogens is 2. The van der Waals surface area contributed by atoms with Crippen LogP contribution in [-0.2, 0) is 0 Å². The summed E-state index contributed by atoms with van der Waals surface area (Å²) in [6.45, 7) is 1.49. The van der Waals surface area contributed by atoms with E-state index in [4.69, 9.17) is 23.2 Å². The summed E-state index contributed by atoms with van der Waals surface area (Å²) in [5.41, 5.74) is 1.15. The van der Waals surface area contributed by atoms with Crippen molar-refractivity contribution in [3.63, 3.8) is 0 Å². The van der Waals surface area contributed by atoms with Gasteiger partial charge in [-0.3, -0.25) is 14.6 Å². The first-order valence-corrected chi connectivity index (χ1v) is 8.31. The number of nitrogens with one attached hydrogen (secondary N) is 1. The molecule has 7 heteroatoms. The average Bonchev–Trinajstić information content (AvgIpc) is 3.11. The van der Waals surface area contributed by atoms with Crippen LogP contribution in [0.3, 0.4) is 0 Å². The van der Waals surface area contributed by atoms with Gasteiger partial charge < -0.3 is 10.2 Å². The molecule has 1 aromatic carbocycles. The standard InChI is InChI=1S/C17H15Cl2N3O2/c18-13-3-4-15(14(19)8-13)21-16(23)11-7-12(10-20-9-11)17(24)22-5-1-2-6-22/h3-4,7-10H,1-2,5-6H2,(H,21,23). The fraction of sp³-hybridized carbons (Fsp3) is 0.235. The Kier molecular flexibility index (Phi) is 5.02. The molecule has 0 bridgehead atoms. The highest BCUT2D eigenvalue weighted by molar-refractivity contribution is 6.36. The van der Waals surface area contributed by atoms with Gasteiger partial charge in [-0.1, -0.05) is 23.2 Å². The average molecular weight is 364 g/mol. The maximum atomic E-state index is 12.4. The Labute approximate surface area is 149 Å². The van der Waals surface area contributed by atoms with Crippen LogP contribution < -0.4 is 5.32 Å². The molecular weight excluding hydrogens is 349 g/mol. The number of carbonyl (C=O) groups is 2. The van der Waals surface area contributed by atoms with Gasteiger partial charge in [0.15, 0.2) is 0 Å². The van der Waals surface area contributed by atoms with Crippen molar-refractivity contribution < 1.29 is 9.59 Å². The lowest BCUT2D eigenvalue weighted by molar-refractivity contribution is 0.0792. The van der Waals surface area contributed by atoms with E-state index in [9.17, 15) is 9.59 Å². The number of pyridine rings is 1. The number of rotatable bonds is 3. The van der Waals surface area contributed by atoms with Gasteiger partial charge in [-0.05, 0) is 37.1 Å². The van der Waals surface area contributed by atoms with Gasteiger partial charge in [0.1, 0.15) is 0 Å². The molecule has 3 rings (SSSR count). The summed E-state index contributed by atoms with van der Waals surface area (Å²) in [4.78, 5) is 30.6. The molecule has 124 valence electrons. The molecule has 0 spiro atoms. The van der Waals surface area contributed by atoms with Crippen molar-refractivity contribution in [2.24, 2.45) is 0 Å². The Balaban J connectivity index is 1.77. The lowest BCUT2D eigenvalue weighted by Crippen LogP contribution is -2.28. The number of likely N-dealkylation sites (tertiary alicyclic amines) is 1. The first-order chi connectivity index (χ1) is 11.5. The molecule has 1 aliphatic heterocycles. The molecule has 2 heterocycles. The Morgan fingerprint density at radius 1 is 1.04 bits per heavy atom. The third-order valence-corrected chi connectivity index (χ3v) is 4.37. The normalized spacial score (nSPS) is 13.8. The van der Waals surface area contributed by atoms with Crippen molar-refractivity contribution in [2.45, 2.75) is 12.8 Å². The van der Waals surface area contributed by atoms with Crippen LogP contribution >= 0.6 is 23.2 Å². The number of nitrogens with zero attached hydrogens (tertiary/aromatic N) is 2. The third kappa shape index (κ3) is 3.68. The first-order valence-electron chi connectivity index (χ1n) is 7.55. The predicted molar refractivity (Wildman–Crippen MR) is 93.8 cm³/mol. The minimum absolute atomic E-state index is 0.0980. The topological polar surface area (TPSA) is 62.3 Å². The van der Waals surface area contributed by atoms with Crippen molar-refractivity contribution in [1.29, 1.82) is 0 Å². The van der Waals surface area contributed by atoms with Gasteiger partial charge in [0, 0.05) is 30.5 Å². The third-order valence-electron chi connectivity index (χ3n) is 3.82. The van der Waals surface area contributed by atoms with Crippen LogP contribution in [0.1, 0.15) is 33.6 Å². The SMILES string of the molecule is O=C(Nc1ccc(Cl)cc1Cl)c1cncc(C(=O)N2CCCC2)c1. The summed E-state index contributed by atoms with van der Waals surface area (Å²) < 4.78 is 0. The molecule has 0 unspecified atom stereocenters. The van der Waals surface area contributed by atoms with E-state index in [2.05, 4.69) is 10.3 Å². The summed E-state index contributed by atoms with van der Waals surface area (Å²) >= 11 is 11.9. The van der Waals surface area contributed by atoms with E-state index in [-0.39, 0.29) is 11.8 Å². The van der Waals surface area contributed by atoms with Gasteiger partial charge in [0.2, 0.25) is 0 Å². The van der Waals surface area contributed by atoms with Crippen LogP contribution in [0, 0.1) is 0 Å². The predicted octanol–water partition coefficient (Wildman–Crippen LogP) is 3.88. The van der Waals surface area contributed by atoms with Crippen LogP contribution in [0.15, 0.2) is 36.7 Å². The van der Waals surface area contributed by atoms with Crippen molar-refractivity contribution in [3.05, 3.63) is 57.8 Å². The van der Waals surface area contributed by atoms with Gasteiger partial charge in [0.25, 0.3) is 11.8 Å². The highest BCUT2D eigenvalue weighted by Crippen LogP contribution is 2.25. The van der Waals surface area contributed by atoms with Gasteiger partial charge in [0.05, 0.1) is 21.8 Å². The van der Waals surface area contributed by atoms with Crippen molar-refractivity contribution in [1.82, 2.24) is 9.88 Å². The molecular formula is C17H15Cl2N3O2. The molecule has 0 atom stereocenters. The second-order valence-electron chi connectivity index (χ2n) is 5.54. The monoisotopic (exact) mass is 363 g/mol. The molecule has 1 aromatic heterocycles. The Morgan fingerprint density at radius 2 is 1.75 bits per heavy atom. The zero-order valence-electron chi connectivity index (χ0n) is 12.8. The van der Waals surface area contributed by atoms with E-state index >= 15 is 0 Å². The lowest BCUT2D eigenvalue weighted by atomic mass is 10.1. The van der Waals surface area contributed by atoms with Crippen molar-refractivity contribution in [3.8, 4) is 0 Å². The van der Waals surface area contributed by atoms with Crippen molar-refractivity contribution in [2.75, 3.05) is 18.4 Å². The van der Waals surface area contributed by atoms with Gasteiger partial charge in [-0.15, -0.1) is 0 Å². The Bertz CT molecular complexity index is 789. The molecule has 2 aromatic rings. The number of hydrogen-bond acceptors (Lipinski definition) is 3. The molecule has 1 saturated heterocycles. The van der Waals surface area contributed by atoms with Crippen LogP contribution in [0.2, 0.25) is 10.0 Å². The fourth-order valence-corrected chi connectivity index (χ4v) is 3.02. The van der Waals surface area contributed by atoms with Gasteiger partial charge in [-0.2, -0.15) is 0 Å². The zero-order valence-corrected chi connectivity index (χ0v) is 14.3. The molecule has 0 radical (unpaired) electrons. The van der Waals surface area contributed by atoms with Gasteiger partial charge >= 0.3 is 0 Å². The Hall–Kier alpha value is -2.11. The summed E-state index contributed by atoms with van der Waals surface area (Å²) in [6.07, 6.45) is 4.91. The number of benzene rings is 1. The van der Waals surface area contributed by atoms with E-state index in [0.29, 0.717) is 26.9 Å². The van der Waals surface area contributed by atoms with Crippen LogP contribution in [0.4, 0.5) is 5.69 Å². The molecule has 0 saturated carbocycles. The molecule has 1 fully saturated rings. The summed E-state index contributed by atoms with van der Waals surface area (Å²) in [5, 5.41) is 3.52. The molecule has 2 amide bonds. The summed E-state index contributed by atoms with van der Waals surface area (Å²) in [6, 6.07) is 6.35. The quantitative estimate of drug-likeness (QED) is 0.899. The van der Waals surface area contributed by atoms with Crippen LogP contribution in [0.5, 0.6) is 0 Å². The van der Waals surface area contributed by atoms with E-state index in [1.165, 1.54) is 12.4 Å². The number of hydrogen-bond donors (Lipinski definition) is 1. The number of anilines is 1. The maximum absolute atomic E-state index is 12.4. The minimum Gasteiger partial charge on any atom is -0.339 e. The number of carbonyl (C=O) groups excluding carboxylic acids is 2. The number of aromatic nitrogens is 1. The summed E-state index contributed by atoms with van der Waals surface area (Å²) in [5.74, 6) is -0.484. The zero-order chi connectivity index (χ0) is 17.1. The molecule has 1 N–H and O–H groups in total. The lowest BCUT2D eigenvalue weighted by Gasteiger charge is -2.15. The fourth-order valence-electron chi connectivity index (χ4n) is 2.57. The number of amides is 2. The molecule has 5 nitrogen and oxygen atoms in total. The second-order valence-corrected chi connectivity index (χ2v) is 6.38. The maximum Gasteiger partial charge on any atom is 0.257 e. The highest BCUT2D eigenvalue weighted by atomic mass is 35.5. The van der Waals surface area contributed by atoms with E-state index in [1.54, 1.807) is 29.2 Å². The minimum atomic E-state index is -0.386. The molecule has 0 aliphatic carbocycles. The van der Waals surface area contributed by atoms with Crippen LogP contribution in [0.25, 0.3) is 0 Å². The van der Waals surface area contributed by atoms with E-state index in [1.807, 2.05) is 0 Å². The second kappa shape index (κ2) is 7.20. The Morgan fingerprint density at radius 3 is 2.46 bits per heavy atom. The molecule has 24 heavy (non-hydrogen) atoms. The summed E-state index contributed by atoms with van der Waals surface area (Å²) in [7, 11) is 0. The van der Waals surface area contributed by atoms with Gasteiger partial charge in [-0.25, -0.2) is 0 Å². The first kappa shape index (κ1) is 16.7.